The Morgan fingerprint density at radius 1 is 1.33 bits per heavy atom. The molecule has 0 amide bonds. The highest BCUT2D eigenvalue weighted by molar-refractivity contribution is 6.31. The third-order valence-electron chi connectivity index (χ3n) is 2.56. The van der Waals surface area contributed by atoms with Crippen molar-refractivity contribution in [1.82, 2.24) is 4.98 Å². The Bertz CT molecular complexity index is 531. The first-order valence-electron chi connectivity index (χ1n) is 5.72. The zero-order valence-corrected chi connectivity index (χ0v) is 10.8. The summed E-state index contributed by atoms with van der Waals surface area (Å²) in [6, 6.07) is 8.97. The van der Waals surface area contributed by atoms with E-state index in [-0.39, 0.29) is 0 Å². The zero-order chi connectivity index (χ0) is 13.0. The lowest BCUT2D eigenvalue weighted by Gasteiger charge is -2.13. The van der Waals surface area contributed by atoms with E-state index in [0.717, 1.165) is 0 Å². The first kappa shape index (κ1) is 12.9. The molecule has 3 nitrogen and oxygen atoms in total. The molecule has 4 heteroatoms. The van der Waals surface area contributed by atoms with E-state index in [9.17, 15) is 5.11 Å². The van der Waals surface area contributed by atoms with Crippen LogP contribution >= 0.6 is 11.6 Å². The second kappa shape index (κ2) is 5.85. The van der Waals surface area contributed by atoms with E-state index in [4.69, 9.17) is 16.3 Å². The Kier molecular flexibility index (Phi) is 4.18. The molecule has 1 unspecified atom stereocenters. The molecule has 0 saturated heterocycles. The molecular weight excluding hydrogens is 250 g/mol. The molecule has 1 aromatic heterocycles. The van der Waals surface area contributed by atoms with E-state index in [2.05, 4.69) is 4.98 Å². The maximum atomic E-state index is 10.3. The van der Waals surface area contributed by atoms with Gasteiger partial charge >= 0.3 is 0 Å². The highest BCUT2D eigenvalue weighted by atomic mass is 35.5. The Morgan fingerprint density at radius 2 is 2.11 bits per heavy atom. The minimum atomic E-state index is -0.799. The minimum Gasteiger partial charge on any atom is -0.492 e. The Morgan fingerprint density at radius 3 is 2.83 bits per heavy atom. The number of hydrogen-bond donors (Lipinski definition) is 1. The van der Waals surface area contributed by atoms with Gasteiger partial charge in [0.05, 0.1) is 12.8 Å². The molecule has 0 bridgehead atoms. The van der Waals surface area contributed by atoms with Crippen LogP contribution in [0.2, 0.25) is 5.02 Å². The van der Waals surface area contributed by atoms with Crippen LogP contribution in [0.1, 0.15) is 24.2 Å². The van der Waals surface area contributed by atoms with Crippen LogP contribution in [0.25, 0.3) is 0 Å². The van der Waals surface area contributed by atoms with Crippen LogP contribution in [0.5, 0.6) is 5.75 Å². The van der Waals surface area contributed by atoms with Gasteiger partial charge in [-0.15, -0.1) is 0 Å². The number of halogens is 1. The second-order valence-corrected chi connectivity index (χ2v) is 4.22. The number of benzene rings is 1. The van der Waals surface area contributed by atoms with E-state index in [1.54, 1.807) is 30.6 Å². The van der Waals surface area contributed by atoms with Crippen molar-refractivity contribution in [2.75, 3.05) is 6.61 Å². The minimum absolute atomic E-state index is 0.534. The second-order valence-electron chi connectivity index (χ2n) is 3.81. The normalized spacial score (nSPS) is 12.2. The number of aliphatic hydroxyl groups is 1. The number of rotatable bonds is 4. The lowest BCUT2D eigenvalue weighted by molar-refractivity contribution is 0.219. The molecule has 94 valence electrons. The molecule has 1 heterocycles. The van der Waals surface area contributed by atoms with Crippen molar-refractivity contribution < 1.29 is 9.84 Å². The molecule has 0 saturated carbocycles. The van der Waals surface area contributed by atoms with Crippen LogP contribution in [0.15, 0.2) is 42.7 Å². The molecule has 0 aliphatic rings. The molecule has 0 fully saturated rings. The summed E-state index contributed by atoms with van der Waals surface area (Å²) in [5.41, 5.74) is 1.32. The van der Waals surface area contributed by atoms with E-state index in [0.29, 0.717) is 28.5 Å². The Hall–Kier alpha value is -1.58. The van der Waals surface area contributed by atoms with Crippen molar-refractivity contribution in [1.29, 1.82) is 0 Å². The summed E-state index contributed by atoms with van der Waals surface area (Å²) in [5.74, 6) is 0.640. The van der Waals surface area contributed by atoms with Crippen molar-refractivity contribution in [3.05, 3.63) is 58.9 Å². The maximum absolute atomic E-state index is 10.3. The molecule has 1 N–H and O–H groups in total. The lowest BCUT2D eigenvalue weighted by Crippen LogP contribution is -2.02. The number of hydrogen-bond acceptors (Lipinski definition) is 3. The molecule has 0 aliphatic heterocycles. The van der Waals surface area contributed by atoms with Gasteiger partial charge in [0, 0.05) is 22.3 Å². The van der Waals surface area contributed by atoms with Gasteiger partial charge in [-0.2, -0.15) is 0 Å². The Labute approximate surface area is 111 Å². The molecule has 1 atom stereocenters. The molecule has 0 radical (unpaired) electrons. The van der Waals surface area contributed by atoms with Gasteiger partial charge in [0.15, 0.2) is 0 Å². The topological polar surface area (TPSA) is 42.4 Å². The van der Waals surface area contributed by atoms with Crippen LogP contribution < -0.4 is 4.74 Å². The van der Waals surface area contributed by atoms with Crippen molar-refractivity contribution >= 4 is 11.6 Å². The Balaban J connectivity index is 2.31. The van der Waals surface area contributed by atoms with Crippen LogP contribution in [0.4, 0.5) is 0 Å². The first-order chi connectivity index (χ1) is 8.72. The van der Waals surface area contributed by atoms with Gasteiger partial charge < -0.3 is 9.84 Å². The van der Waals surface area contributed by atoms with Gasteiger partial charge in [-0.05, 0) is 19.1 Å². The molecular formula is C14H14ClNO2. The summed E-state index contributed by atoms with van der Waals surface area (Å²) in [6.07, 6.45) is 2.43. The summed E-state index contributed by atoms with van der Waals surface area (Å²) in [6.45, 7) is 2.46. The van der Waals surface area contributed by atoms with Gasteiger partial charge in [-0.25, -0.2) is 0 Å². The van der Waals surface area contributed by atoms with Crippen LogP contribution in [0, 0.1) is 0 Å². The summed E-state index contributed by atoms with van der Waals surface area (Å²) < 4.78 is 5.36. The number of nitrogens with zero attached hydrogens (tertiary/aromatic N) is 1. The number of aliphatic hydroxyl groups excluding tert-OH is 1. The molecule has 18 heavy (non-hydrogen) atoms. The van der Waals surface area contributed by atoms with Crippen molar-refractivity contribution in [2.45, 2.75) is 13.0 Å². The van der Waals surface area contributed by atoms with Crippen molar-refractivity contribution in [3.63, 3.8) is 0 Å². The van der Waals surface area contributed by atoms with Gasteiger partial charge in [0.25, 0.3) is 0 Å². The average molecular weight is 264 g/mol. The largest absolute Gasteiger partial charge is 0.492 e. The standard InChI is InChI=1S/C14H14ClNO2/c1-2-18-11-7-10(8-16-9-11)14(17)12-5-3-4-6-13(12)15/h3-9,14,17H,2H2,1H3. The van der Waals surface area contributed by atoms with Crippen molar-refractivity contribution in [3.8, 4) is 5.75 Å². The summed E-state index contributed by atoms with van der Waals surface area (Å²) in [7, 11) is 0. The number of aromatic nitrogens is 1. The van der Waals surface area contributed by atoms with Gasteiger partial charge in [0.1, 0.15) is 11.9 Å². The van der Waals surface area contributed by atoms with E-state index >= 15 is 0 Å². The fourth-order valence-corrected chi connectivity index (χ4v) is 1.95. The predicted octanol–water partition coefficient (Wildman–Crippen LogP) is 3.22. The van der Waals surface area contributed by atoms with Crippen LogP contribution in [-0.2, 0) is 0 Å². The maximum Gasteiger partial charge on any atom is 0.137 e. The van der Waals surface area contributed by atoms with Gasteiger partial charge in [-0.1, -0.05) is 29.8 Å². The molecule has 0 aliphatic carbocycles. The predicted molar refractivity (Wildman–Crippen MR) is 70.9 cm³/mol. The fraction of sp³-hybridized carbons (Fsp3) is 0.214. The lowest BCUT2D eigenvalue weighted by atomic mass is 10.0. The smallest absolute Gasteiger partial charge is 0.137 e. The molecule has 2 aromatic rings. The quantitative estimate of drug-likeness (QED) is 0.921. The zero-order valence-electron chi connectivity index (χ0n) is 10.0. The van der Waals surface area contributed by atoms with Gasteiger partial charge in [-0.3, -0.25) is 4.98 Å². The number of pyridine rings is 1. The number of ether oxygens (including phenoxy) is 1. The van der Waals surface area contributed by atoms with E-state index in [1.165, 1.54) is 0 Å². The third kappa shape index (κ3) is 2.81. The SMILES string of the molecule is CCOc1cncc(C(O)c2ccccc2Cl)c1. The highest BCUT2D eigenvalue weighted by Crippen LogP contribution is 2.29. The van der Waals surface area contributed by atoms with E-state index < -0.39 is 6.10 Å². The molecule has 1 aromatic carbocycles. The van der Waals surface area contributed by atoms with Crippen molar-refractivity contribution in [2.24, 2.45) is 0 Å². The summed E-state index contributed by atoms with van der Waals surface area (Å²) in [5, 5.41) is 10.8. The summed E-state index contributed by atoms with van der Waals surface area (Å²) >= 11 is 6.06. The summed E-state index contributed by atoms with van der Waals surface area (Å²) in [4.78, 5) is 4.05. The molecule has 0 spiro atoms. The van der Waals surface area contributed by atoms with Crippen LogP contribution in [-0.4, -0.2) is 16.7 Å². The van der Waals surface area contributed by atoms with Crippen LogP contribution in [0.3, 0.4) is 0 Å². The highest BCUT2D eigenvalue weighted by Gasteiger charge is 2.14. The first-order valence-corrected chi connectivity index (χ1v) is 6.10. The third-order valence-corrected chi connectivity index (χ3v) is 2.91. The molecule has 2 rings (SSSR count). The monoisotopic (exact) mass is 263 g/mol. The van der Waals surface area contributed by atoms with E-state index in [1.807, 2.05) is 19.1 Å². The van der Waals surface area contributed by atoms with Gasteiger partial charge in [0.2, 0.25) is 0 Å². The fourth-order valence-electron chi connectivity index (χ4n) is 1.71. The average Bonchev–Trinajstić information content (AvgIpc) is 2.39.